The summed E-state index contributed by atoms with van der Waals surface area (Å²) in [6, 6.07) is 0. The number of halogens is 3. The Labute approximate surface area is 141 Å². The quantitative estimate of drug-likeness (QED) is 0.545. The van der Waals surface area contributed by atoms with Gasteiger partial charge in [0.15, 0.2) is 5.96 Å². The summed E-state index contributed by atoms with van der Waals surface area (Å²) in [5.41, 5.74) is 0. The van der Waals surface area contributed by atoms with Crippen LogP contribution in [0.3, 0.4) is 0 Å². The standard InChI is InChI=1S/C15H29F3N4S/c1-5-19-13(21-10-14(2,3)23-4)20-8-12-6-7-22(9-12)11-15(16,17)18/h12H,5-11H2,1-4H3,(H2,19,20,21). The lowest BCUT2D eigenvalue weighted by Gasteiger charge is -2.21. The topological polar surface area (TPSA) is 39.7 Å². The van der Waals surface area contributed by atoms with Gasteiger partial charge < -0.3 is 10.6 Å². The van der Waals surface area contributed by atoms with Gasteiger partial charge in [0.25, 0.3) is 0 Å². The third kappa shape index (κ3) is 8.69. The fourth-order valence-corrected chi connectivity index (χ4v) is 2.59. The number of rotatable bonds is 7. The summed E-state index contributed by atoms with van der Waals surface area (Å²) in [5.74, 6) is 0.971. The van der Waals surface area contributed by atoms with E-state index in [9.17, 15) is 13.2 Å². The van der Waals surface area contributed by atoms with Crippen LogP contribution in [0.1, 0.15) is 27.2 Å². The monoisotopic (exact) mass is 354 g/mol. The summed E-state index contributed by atoms with van der Waals surface area (Å²) in [4.78, 5) is 6.05. The first kappa shape index (κ1) is 20.4. The van der Waals surface area contributed by atoms with E-state index in [1.807, 2.05) is 6.92 Å². The zero-order valence-electron chi connectivity index (χ0n) is 14.5. The molecule has 1 rings (SSSR count). The maximum Gasteiger partial charge on any atom is 0.401 e. The lowest BCUT2D eigenvalue weighted by Crippen LogP contribution is -2.41. The molecule has 1 saturated heterocycles. The van der Waals surface area contributed by atoms with Crippen LogP contribution in [0.5, 0.6) is 0 Å². The zero-order chi connectivity index (χ0) is 17.5. The average molecular weight is 354 g/mol. The molecule has 8 heteroatoms. The van der Waals surface area contributed by atoms with Gasteiger partial charge in [-0.15, -0.1) is 0 Å². The predicted octanol–water partition coefficient (Wildman–Crippen LogP) is 2.57. The van der Waals surface area contributed by atoms with Crippen LogP contribution in [0, 0.1) is 5.92 Å². The van der Waals surface area contributed by atoms with Crippen LogP contribution in [-0.4, -0.2) is 67.3 Å². The first-order chi connectivity index (χ1) is 10.6. The van der Waals surface area contributed by atoms with Gasteiger partial charge in [-0.2, -0.15) is 24.9 Å². The highest BCUT2D eigenvalue weighted by molar-refractivity contribution is 7.99. The lowest BCUT2D eigenvalue weighted by molar-refractivity contribution is -0.143. The van der Waals surface area contributed by atoms with E-state index < -0.39 is 12.7 Å². The van der Waals surface area contributed by atoms with Gasteiger partial charge in [-0.25, -0.2) is 0 Å². The number of nitrogens with zero attached hydrogens (tertiary/aromatic N) is 2. The van der Waals surface area contributed by atoms with E-state index >= 15 is 0 Å². The van der Waals surface area contributed by atoms with E-state index in [0.717, 1.165) is 18.9 Å². The van der Waals surface area contributed by atoms with Crippen molar-refractivity contribution >= 4 is 17.7 Å². The number of nitrogens with one attached hydrogen (secondary N) is 2. The lowest BCUT2D eigenvalue weighted by atomic mass is 10.1. The highest BCUT2D eigenvalue weighted by Gasteiger charge is 2.34. The molecule has 136 valence electrons. The molecule has 0 aliphatic carbocycles. The highest BCUT2D eigenvalue weighted by atomic mass is 32.2. The summed E-state index contributed by atoms with van der Waals surface area (Å²) in [6.07, 6.45) is -1.26. The van der Waals surface area contributed by atoms with Crippen molar-refractivity contribution in [2.24, 2.45) is 10.9 Å². The predicted molar refractivity (Wildman–Crippen MR) is 92.2 cm³/mol. The number of guanidine groups is 1. The van der Waals surface area contributed by atoms with E-state index in [1.54, 1.807) is 11.8 Å². The number of likely N-dealkylation sites (tertiary alicyclic amines) is 1. The molecule has 23 heavy (non-hydrogen) atoms. The Kier molecular flexibility index (Phi) is 8.00. The third-order valence-corrected chi connectivity index (χ3v) is 5.08. The Balaban J connectivity index is 2.43. The molecular formula is C15H29F3N4S. The summed E-state index contributed by atoms with van der Waals surface area (Å²) in [5, 5.41) is 6.45. The van der Waals surface area contributed by atoms with Crippen molar-refractivity contribution < 1.29 is 13.2 Å². The van der Waals surface area contributed by atoms with Crippen LogP contribution >= 0.6 is 11.8 Å². The Morgan fingerprint density at radius 3 is 2.57 bits per heavy atom. The number of hydrogen-bond donors (Lipinski definition) is 2. The van der Waals surface area contributed by atoms with Gasteiger partial charge >= 0.3 is 6.18 Å². The molecule has 1 atom stereocenters. The molecule has 1 unspecified atom stereocenters. The second kappa shape index (κ2) is 9.01. The minimum Gasteiger partial charge on any atom is -0.357 e. The maximum atomic E-state index is 12.4. The fourth-order valence-electron chi connectivity index (χ4n) is 2.39. The second-order valence-corrected chi connectivity index (χ2v) is 8.06. The molecule has 0 aromatic carbocycles. The molecule has 0 aromatic heterocycles. The van der Waals surface area contributed by atoms with E-state index in [4.69, 9.17) is 0 Å². The van der Waals surface area contributed by atoms with Crippen LogP contribution in [0.4, 0.5) is 13.2 Å². The molecule has 0 saturated carbocycles. The molecule has 2 N–H and O–H groups in total. The molecule has 0 amide bonds. The minimum atomic E-state index is -4.11. The summed E-state index contributed by atoms with van der Waals surface area (Å²) >= 11 is 1.76. The van der Waals surface area contributed by atoms with Crippen molar-refractivity contribution in [3.8, 4) is 0 Å². The number of thioether (sulfide) groups is 1. The minimum absolute atomic E-state index is 0.0687. The van der Waals surface area contributed by atoms with Crippen LogP contribution < -0.4 is 10.6 Å². The normalized spacial score (nSPS) is 20.8. The smallest absolute Gasteiger partial charge is 0.357 e. The molecule has 1 fully saturated rings. The molecule has 1 aliphatic heterocycles. The Morgan fingerprint density at radius 1 is 1.30 bits per heavy atom. The molecule has 0 radical (unpaired) electrons. The highest BCUT2D eigenvalue weighted by Crippen LogP contribution is 2.23. The van der Waals surface area contributed by atoms with E-state index in [1.165, 1.54) is 4.90 Å². The summed E-state index contributed by atoms with van der Waals surface area (Å²) < 4.78 is 37.3. The first-order valence-electron chi connectivity index (χ1n) is 8.01. The van der Waals surface area contributed by atoms with Crippen LogP contribution in [-0.2, 0) is 0 Å². The van der Waals surface area contributed by atoms with Crippen LogP contribution in [0.15, 0.2) is 4.99 Å². The van der Waals surface area contributed by atoms with E-state index in [2.05, 4.69) is 35.7 Å². The molecular weight excluding hydrogens is 325 g/mol. The van der Waals surface area contributed by atoms with Crippen molar-refractivity contribution in [2.45, 2.75) is 38.1 Å². The molecule has 0 aromatic rings. The Morgan fingerprint density at radius 2 is 2.00 bits per heavy atom. The van der Waals surface area contributed by atoms with Crippen LogP contribution in [0.25, 0.3) is 0 Å². The van der Waals surface area contributed by atoms with Crippen molar-refractivity contribution in [1.82, 2.24) is 15.5 Å². The van der Waals surface area contributed by atoms with Gasteiger partial charge in [0, 0.05) is 24.4 Å². The van der Waals surface area contributed by atoms with Gasteiger partial charge in [0.1, 0.15) is 0 Å². The number of aliphatic imine (C=N–C) groups is 1. The van der Waals surface area contributed by atoms with Crippen molar-refractivity contribution in [2.75, 3.05) is 45.5 Å². The van der Waals surface area contributed by atoms with Gasteiger partial charge in [0.05, 0.1) is 13.1 Å². The second-order valence-electron chi connectivity index (χ2n) is 6.54. The molecule has 4 nitrogen and oxygen atoms in total. The molecule has 1 heterocycles. The number of alkyl halides is 3. The van der Waals surface area contributed by atoms with Crippen molar-refractivity contribution in [3.05, 3.63) is 0 Å². The van der Waals surface area contributed by atoms with Gasteiger partial charge in [-0.05, 0) is 45.9 Å². The SMILES string of the molecule is CCNC(=NCC(C)(C)SC)NCC1CCN(CC(F)(F)F)C1. The average Bonchev–Trinajstić information content (AvgIpc) is 2.87. The molecule has 0 bridgehead atoms. The zero-order valence-corrected chi connectivity index (χ0v) is 15.3. The summed E-state index contributed by atoms with van der Waals surface area (Å²) in [6.45, 7) is 8.57. The maximum absolute atomic E-state index is 12.4. The summed E-state index contributed by atoms with van der Waals surface area (Å²) in [7, 11) is 0. The third-order valence-electron chi connectivity index (χ3n) is 3.85. The van der Waals surface area contributed by atoms with Crippen LogP contribution in [0.2, 0.25) is 0 Å². The Bertz CT molecular complexity index is 385. The first-order valence-corrected chi connectivity index (χ1v) is 9.24. The van der Waals surface area contributed by atoms with Gasteiger partial charge in [-0.1, -0.05) is 0 Å². The van der Waals surface area contributed by atoms with Crippen molar-refractivity contribution in [3.63, 3.8) is 0 Å². The van der Waals surface area contributed by atoms with Gasteiger partial charge in [0.2, 0.25) is 0 Å². The van der Waals surface area contributed by atoms with E-state index in [0.29, 0.717) is 26.2 Å². The van der Waals surface area contributed by atoms with Gasteiger partial charge in [-0.3, -0.25) is 9.89 Å². The number of hydrogen-bond acceptors (Lipinski definition) is 3. The fraction of sp³-hybridized carbons (Fsp3) is 0.933. The molecule has 0 spiro atoms. The van der Waals surface area contributed by atoms with E-state index in [-0.39, 0.29) is 10.7 Å². The largest absolute Gasteiger partial charge is 0.401 e. The van der Waals surface area contributed by atoms with Crippen molar-refractivity contribution in [1.29, 1.82) is 0 Å². The Hall–Kier alpha value is -0.630. The molecule has 1 aliphatic rings.